The second-order valence-electron chi connectivity index (χ2n) is 6.58. The van der Waals surface area contributed by atoms with Crippen LogP contribution in [0.4, 0.5) is 5.82 Å². The van der Waals surface area contributed by atoms with E-state index in [1.807, 2.05) is 73.7 Å². The molecule has 3 aromatic carbocycles. The third-order valence-corrected chi connectivity index (χ3v) is 4.46. The highest BCUT2D eigenvalue weighted by atomic mass is 16.1. The molecular weight excluding hydrogens is 334 g/mol. The molecule has 1 aromatic heterocycles. The summed E-state index contributed by atoms with van der Waals surface area (Å²) in [5.41, 5.74) is 3.95. The molecule has 1 N–H and O–H groups in total. The summed E-state index contributed by atoms with van der Waals surface area (Å²) >= 11 is 0. The first kappa shape index (κ1) is 16.9. The van der Waals surface area contributed by atoms with E-state index in [1.165, 1.54) is 10.9 Å². The van der Waals surface area contributed by atoms with E-state index in [9.17, 15) is 4.79 Å². The summed E-state index contributed by atoms with van der Waals surface area (Å²) in [4.78, 5) is 12.3. The van der Waals surface area contributed by atoms with Crippen molar-refractivity contribution >= 4 is 22.5 Å². The Kier molecular flexibility index (Phi) is 4.62. The third kappa shape index (κ3) is 4.01. The van der Waals surface area contributed by atoms with Crippen molar-refractivity contribution < 1.29 is 4.79 Å². The number of rotatable bonds is 4. The summed E-state index contributed by atoms with van der Waals surface area (Å²) < 4.78 is 0. The topological polar surface area (TPSA) is 54.9 Å². The normalized spacial score (nSPS) is 10.7. The predicted molar refractivity (Wildman–Crippen MR) is 108 cm³/mol. The van der Waals surface area contributed by atoms with E-state index >= 15 is 0 Å². The van der Waals surface area contributed by atoms with Crippen LogP contribution in [0.15, 0.2) is 78.9 Å². The number of nitrogens with one attached hydrogen (secondary N) is 1. The lowest BCUT2D eigenvalue weighted by atomic mass is 10.0. The van der Waals surface area contributed by atoms with E-state index in [1.54, 1.807) is 6.07 Å². The number of carbonyl (C=O) groups is 1. The number of aryl methyl sites for hydroxylation is 1. The first-order chi connectivity index (χ1) is 13.2. The van der Waals surface area contributed by atoms with Crippen LogP contribution in [-0.2, 0) is 11.2 Å². The minimum Gasteiger partial charge on any atom is -0.309 e. The van der Waals surface area contributed by atoms with Crippen LogP contribution in [0.3, 0.4) is 0 Å². The maximum absolute atomic E-state index is 12.3. The van der Waals surface area contributed by atoms with Gasteiger partial charge in [0, 0.05) is 5.56 Å². The van der Waals surface area contributed by atoms with Gasteiger partial charge in [-0.1, -0.05) is 72.3 Å². The van der Waals surface area contributed by atoms with Crippen molar-refractivity contribution in [1.82, 2.24) is 10.2 Å². The van der Waals surface area contributed by atoms with Crippen molar-refractivity contribution in [1.29, 1.82) is 0 Å². The molecule has 0 aliphatic heterocycles. The number of aromatic nitrogens is 2. The van der Waals surface area contributed by atoms with Gasteiger partial charge in [-0.05, 0) is 35.4 Å². The zero-order valence-corrected chi connectivity index (χ0v) is 15.0. The Hall–Kier alpha value is -3.53. The van der Waals surface area contributed by atoms with Gasteiger partial charge < -0.3 is 5.32 Å². The van der Waals surface area contributed by atoms with Crippen LogP contribution in [0.1, 0.15) is 11.1 Å². The Morgan fingerprint density at radius 3 is 2.37 bits per heavy atom. The van der Waals surface area contributed by atoms with Crippen molar-refractivity contribution in [3.63, 3.8) is 0 Å². The van der Waals surface area contributed by atoms with E-state index in [0.29, 0.717) is 12.2 Å². The third-order valence-electron chi connectivity index (χ3n) is 4.46. The Morgan fingerprint density at radius 1 is 0.852 bits per heavy atom. The second kappa shape index (κ2) is 7.38. The zero-order valence-electron chi connectivity index (χ0n) is 15.0. The number of carbonyl (C=O) groups excluding carboxylic acids is 1. The van der Waals surface area contributed by atoms with E-state index < -0.39 is 0 Å². The van der Waals surface area contributed by atoms with Gasteiger partial charge in [0.15, 0.2) is 5.82 Å². The van der Waals surface area contributed by atoms with Gasteiger partial charge in [0.1, 0.15) is 0 Å². The molecule has 0 aliphatic rings. The molecule has 0 radical (unpaired) electrons. The van der Waals surface area contributed by atoms with Crippen molar-refractivity contribution in [3.05, 3.63) is 90.0 Å². The minimum atomic E-state index is -0.109. The lowest BCUT2D eigenvalue weighted by Gasteiger charge is -2.06. The second-order valence-corrected chi connectivity index (χ2v) is 6.58. The molecule has 4 nitrogen and oxygen atoms in total. The number of fused-ring (bicyclic) bond motifs is 1. The SMILES string of the molecule is Cc1ccc(-c2ccc(NC(=O)Cc3ccc4ccccc4c3)nn2)cc1. The summed E-state index contributed by atoms with van der Waals surface area (Å²) in [5, 5.41) is 13.5. The smallest absolute Gasteiger partial charge is 0.229 e. The molecule has 0 fully saturated rings. The fourth-order valence-corrected chi connectivity index (χ4v) is 3.00. The van der Waals surface area contributed by atoms with Gasteiger partial charge in [-0.2, -0.15) is 0 Å². The summed E-state index contributed by atoms with van der Waals surface area (Å²) in [6, 6.07) is 25.9. The van der Waals surface area contributed by atoms with Gasteiger partial charge in [-0.3, -0.25) is 4.79 Å². The number of benzene rings is 3. The monoisotopic (exact) mass is 353 g/mol. The Bertz CT molecular complexity index is 1090. The van der Waals surface area contributed by atoms with Crippen molar-refractivity contribution in [2.75, 3.05) is 5.32 Å². The number of amides is 1. The van der Waals surface area contributed by atoms with Gasteiger partial charge in [0.05, 0.1) is 12.1 Å². The highest BCUT2D eigenvalue weighted by Gasteiger charge is 2.07. The highest BCUT2D eigenvalue weighted by molar-refractivity contribution is 5.92. The molecule has 0 saturated heterocycles. The quantitative estimate of drug-likeness (QED) is 0.574. The molecule has 1 amide bonds. The average molecular weight is 353 g/mol. The van der Waals surface area contributed by atoms with Gasteiger partial charge in [0.2, 0.25) is 5.91 Å². The van der Waals surface area contributed by atoms with Gasteiger partial charge >= 0.3 is 0 Å². The Labute approximate surface area is 157 Å². The van der Waals surface area contributed by atoms with E-state index in [4.69, 9.17) is 0 Å². The number of nitrogens with zero attached hydrogens (tertiary/aromatic N) is 2. The summed E-state index contributed by atoms with van der Waals surface area (Å²) in [5.74, 6) is 0.347. The largest absolute Gasteiger partial charge is 0.309 e. The van der Waals surface area contributed by atoms with E-state index in [0.717, 1.165) is 22.2 Å². The van der Waals surface area contributed by atoms with E-state index in [2.05, 4.69) is 21.6 Å². The summed E-state index contributed by atoms with van der Waals surface area (Å²) in [6.07, 6.45) is 0.298. The number of hydrogen-bond acceptors (Lipinski definition) is 3. The molecule has 4 rings (SSSR count). The summed E-state index contributed by atoms with van der Waals surface area (Å²) in [6.45, 7) is 2.05. The molecule has 0 saturated carbocycles. The number of anilines is 1. The Balaban J connectivity index is 1.43. The standard InChI is InChI=1S/C23H19N3O/c1-16-6-9-19(10-7-16)21-12-13-22(26-25-21)24-23(27)15-17-8-11-18-4-2-3-5-20(18)14-17/h2-14H,15H2,1H3,(H,24,26,27). The maximum atomic E-state index is 12.3. The van der Waals surface area contributed by atoms with Crippen LogP contribution in [0.2, 0.25) is 0 Å². The van der Waals surface area contributed by atoms with Crippen LogP contribution >= 0.6 is 0 Å². The van der Waals surface area contributed by atoms with Gasteiger partial charge in [-0.25, -0.2) is 0 Å². The highest BCUT2D eigenvalue weighted by Crippen LogP contribution is 2.18. The van der Waals surface area contributed by atoms with Crippen LogP contribution in [0.25, 0.3) is 22.0 Å². The van der Waals surface area contributed by atoms with Gasteiger partial charge in [-0.15, -0.1) is 10.2 Å². The maximum Gasteiger partial charge on any atom is 0.229 e. The van der Waals surface area contributed by atoms with Crippen molar-refractivity contribution in [2.45, 2.75) is 13.3 Å². The molecule has 132 valence electrons. The molecule has 1 heterocycles. The first-order valence-electron chi connectivity index (χ1n) is 8.86. The first-order valence-corrected chi connectivity index (χ1v) is 8.86. The average Bonchev–Trinajstić information content (AvgIpc) is 2.69. The Morgan fingerprint density at radius 2 is 1.63 bits per heavy atom. The van der Waals surface area contributed by atoms with Gasteiger partial charge in [0.25, 0.3) is 0 Å². The summed E-state index contributed by atoms with van der Waals surface area (Å²) in [7, 11) is 0. The fourth-order valence-electron chi connectivity index (χ4n) is 3.00. The molecule has 4 heteroatoms. The number of hydrogen-bond donors (Lipinski definition) is 1. The molecule has 0 atom stereocenters. The molecule has 4 aromatic rings. The molecule has 0 bridgehead atoms. The minimum absolute atomic E-state index is 0.109. The lowest BCUT2D eigenvalue weighted by molar-refractivity contribution is -0.115. The van der Waals surface area contributed by atoms with Crippen molar-refractivity contribution in [2.24, 2.45) is 0 Å². The zero-order chi connectivity index (χ0) is 18.6. The predicted octanol–water partition coefficient (Wildman–Crippen LogP) is 4.79. The van der Waals surface area contributed by atoms with Crippen LogP contribution in [-0.4, -0.2) is 16.1 Å². The van der Waals surface area contributed by atoms with Crippen LogP contribution in [0, 0.1) is 6.92 Å². The van der Waals surface area contributed by atoms with Crippen molar-refractivity contribution in [3.8, 4) is 11.3 Å². The van der Waals surface area contributed by atoms with Crippen LogP contribution in [0.5, 0.6) is 0 Å². The fraction of sp³-hybridized carbons (Fsp3) is 0.0870. The van der Waals surface area contributed by atoms with E-state index in [-0.39, 0.29) is 5.91 Å². The lowest BCUT2D eigenvalue weighted by Crippen LogP contribution is -2.15. The molecule has 0 aliphatic carbocycles. The molecule has 27 heavy (non-hydrogen) atoms. The van der Waals surface area contributed by atoms with Crippen LogP contribution < -0.4 is 5.32 Å². The molecule has 0 spiro atoms. The molecule has 0 unspecified atom stereocenters. The molecular formula is C23H19N3O.